The molecule has 0 aromatic heterocycles. The molecule has 0 radical (unpaired) electrons. The molecule has 1 fully saturated rings. The van der Waals surface area contributed by atoms with Crippen LogP contribution in [-0.4, -0.2) is 54.4 Å². The maximum atomic E-state index is 11.5. The van der Waals surface area contributed by atoms with Crippen molar-refractivity contribution in [3.63, 3.8) is 0 Å². The first-order chi connectivity index (χ1) is 7.65. The van der Waals surface area contributed by atoms with Crippen LogP contribution in [0.25, 0.3) is 0 Å². The normalized spacial score (nSPS) is 19.9. The van der Waals surface area contributed by atoms with E-state index in [2.05, 4.69) is 11.2 Å². The lowest BCUT2D eigenvalue weighted by Gasteiger charge is -2.30. The number of urea groups is 1. The highest BCUT2D eigenvalue weighted by molar-refractivity contribution is 5.77. The Morgan fingerprint density at radius 1 is 1.62 bits per heavy atom. The molecule has 1 rings (SSSR count). The number of aliphatic carboxylic acids is 1. The van der Waals surface area contributed by atoms with Gasteiger partial charge in [-0.25, -0.2) is 9.59 Å². The second-order valence-electron chi connectivity index (χ2n) is 3.33. The van der Waals surface area contributed by atoms with E-state index >= 15 is 0 Å². The van der Waals surface area contributed by atoms with Crippen molar-refractivity contribution in [2.24, 2.45) is 0 Å². The van der Waals surface area contributed by atoms with Crippen molar-refractivity contribution in [1.82, 2.24) is 10.2 Å². The molecule has 1 atom stereocenters. The fourth-order valence-corrected chi connectivity index (χ4v) is 1.34. The summed E-state index contributed by atoms with van der Waals surface area (Å²) in [4.78, 5) is 23.6. The van der Waals surface area contributed by atoms with Gasteiger partial charge in [-0.15, -0.1) is 12.3 Å². The molecule has 16 heavy (non-hydrogen) atoms. The molecule has 1 saturated heterocycles. The zero-order valence-electron chi connectivity index (χ0n) is 8.81. The lowest BCUT2D eigenvalue weighted by atomic mass is 10.3. The Morgan fingerprint density at radius 3 is 3.00 bits per heavy atom. The Kier molecular flexibility index (Phi) is 4.61. The van der Waals surface area contributed by atoms with Gasteiger partial charge in [0.05, 0.1) is 13.2 Å². The highest BCUT2D eigenvalue weighted by atomic mass is 16.5. The molecule has 2 N–H and O–H groups in total. The molecule has 1 aliphatic heterocycles. The lowest BCUT2D eigenvalue weighted by Crippen LogP contribution is -2.51. The highest BCUT2D eigenvalue weighted by Crippen LogP contribution is 2.05. The van der Waals surface area contributed by atoms with E-state index in [0.29, 0.717) is 19.5 Å². The van der Waals surface area contributed by atoms with Gasteiger partial charge in [0.25, 0.3) is 0 Å². The Morgan fingerprint density at radius 2 is 2.38 bits per heavy atom. The van der Waals surface area contributed by atoms with Crippen molar-refractivity contribution in [3.05, 3.63) is 0 Å². The van der Waals surface area contributed by atoms with Gasteiger partial charge in [0.1, 0.15) is 0 Å². The minimum atomic E-state index is -1.05. The number of morpholine rings is 1. The smallest absolute Gasteiger partial charge is 0.334 e. The Bertz CT molecular complexity index is 310. The van der Waals surface area contributed by atoms with Crippen molar-refractivity contribution in [2.45, 2.75) is 12.5 Å². The number of carboxylic acids is 1. The molecule has 2 amide bonds. The Balaban J connectivity index is 2.38. The van der Waals surface area contributed by atoms with Crippen LogP contribution in [0.15, 0.2) is 0 Å². The van der Waals surface area contributed by atoms with Crippen molar-refractivity contribution < 1.29 is 19.4 Å². The summed E-state index contributed by atoms with van der Waals surface area (Å²) in [7, 11) is 0. The predicted molar refractivity (Wildman–Crippen MR) is 55.8 cm³/mol. The molecular weight excluding hydrogens is 212 g/mol. The molecule has 0 bridgehead atoms. The van der Waals surface area contributed by atoms with Crippen LogP contribution in [0.4, 0.5) is 4.79 Å². The van der Waals surface area contributed by atoms with Gasteiger partial charge in [0.2, 0.25) is 0 Å². The van der Waals surface area contributed by atoms with Crippen molar-refractivity contribution in [2.75, 3.05) is 26.2 Å². The fourth-order valence-electron chi connectivity index (χ4n) is 1.34. The number of carbonyl (C=O) groups excluding carboxylic acids is 1. The van der Waals surface area contributed by atoms with E-state index < -0.39 is 12.1 Å². The van der Waals surface area contributed by atoms with E-state index in [0.717, 1.165) is 0 Å². The zero-order valence-corrected chi connectivity index (χ0v) is 8.81. The molecular formula is C10H14N2O4. The summed E-state index contributed by atoms with van der Waals surface area (Å²) < 4.78 is 4.99. The average molecular weight is 226 g/mol. The number of nitrogens with zero attached hydrogens (tertiary/aromatic N) is 1. The third kappa shape index (κ3) is 3.44. The molecule has 88 valence electrons. The minimum absolute atomic E-state index is 0.0667. The zero-order chi connectivity index (χ0) is 12.0. The second-order valence-corrected chi connectivity index (χ2v) is 3.33. The summed E-state index contributed by atoms with van der Waals surface area (Å²) in [6.07, 6.45) is 4.56. The van der Waals surface area contributed by atoms with E-state index in [1.807, 2.05) is 0 Å². The third-order valence-corrected chi connectivity index (χ3v) is 2.17. The van der Waals surface area contributed by atoms with Gasteiger partial charge in [0, 0.05) is 19.5 Å². The number of nitrogens with one attached hydrogen (secondary N) is 1. The predicted octanol–water partition coefficient (Wildman–Crippen LogP) is -0.495. The fraction of sp³-hybridized carbons (Fsp3) is 0.600. The summed E-state index contributed by atoms with van der Waals surface area (Å²) in [5, 5.41) is 11.4. The topological polar surface area (TPSA) is 78.9 Å². The van der Waals surface area contributed by atoms with E-state index in [9.17, 15) is 9.59 Å². The summed E-state index contributed by atoms with van der Waals surface area (Å²) in [5.41, 5.74) is 0. The first-order valence-electron chi connectivity index (χ1n) is 4.96. The molecule has 1 aliphatic rings. The van der Waals surface area contributed by atoms with Crippen LogP contribution >= 0.6 is 0 Å². The SMILES string of the molecule is C#CCCNC(=O)N1CCOC(C(=O)O)C1. The van der Waals surface area contributed by atoms with Gasteiger partial charge in [0.15, 0.2) is 6.10 Å². The highest BCUT2D eigenvalue weighted by Gasteiger charge is 2.28. The maximum Gasteiger partial charge on any atom is 0.334 e. The molecule has 1 heterocycles. The van der Waals surface area contributed by atoms with Crippen LogP contribution in [0.2, 0.25) is 0 Å². The lowest BCUT2D eigenvalue weighted by molar-refractivity contribution is -0.154. The van der Waals surface area contributed by atoms with Crippen molar-refractivity contribution in [3.8, 4) is 12.3 Å². The van der Waals surface area contributed by atoms with Crippen LogP contribution in [0.1, 0.15) is 6.42 Å². The van der Waals surface area contributed by atoms with Crippen LogP contribution in [0, 0.1) is 12.3 Å². The van der Waals surface area contributed by atoms with Gasteiger partial charge >= 0.3 is 12.0 Å². The molecule has 6 nitrogen and oxygen atoms in total. The number of terminal acetylenes is 1. The van der Waals surface area contributed by atoms with E-state index in [1.54, 1.807) is 0 Å². The van der Waals surface area contributed by atoms with Crippen LogP contribution in [0.3, 0.4) is 0 Å². The number of carboxylic acid groups (broad SMARTS) is 1. The molecule has 0 saturated carbocycles. The number of hydrogen-bond donors (Lipinski definition) is 2. The number of carbonyl (C=O) groups is 2. The van der Waals surface area contributed by atoms with Crippen molar-refractivity contribution >= 4 is 12.0 Å². The number of rotatable bonds is 3. The van der Waals surface area contributed by atoms with Gasteiger partial charge in [-0.3, -0.25) is 0 Å². The first-order valence-corrected chi connectivity index (χ1v) is 4.96. The van der Waals surface area contributed by atoms with Crippen LogP contribution < -0.4 is 5.32 Å². The van der Waals surface area contributed by atoms with Gasteiger partial charge in [-0.1, -0.05) is 0 Å². The summed E-state index contributed by atoms with van der Waals surface area (Å²) in [6, 6.07) is -0.301. The standard InChI is InChI=1S/C10H14N2O4/c1-2-3-4-11-10(15)12-5-6-16-8(7-12)9(13)14/h1,8H,3-7H2,(H,11,15)(H,13,14). The average Bonchev–Trinajstić information content (AvgIpc) is 2.29. The summed E-state index contributed by atoms with van der Waals surface area (Å²) >= 11 is 0. The summed E-state index contributed by atoms with van der Waals surface area (Å²) in [5.74, 6) is 1.35. The van der Waals surface area contributed by atoms with Gasteiger partial charge in [-0.05, 0) is 0 Å². The molecule has 0 aromatic rings. The molecule has 0 aromatic carbocycles. The van der Waals surface area contributed by atoms with E-state index in [-0.39, 0.29) is 19.2 Å². The maximum absolute atomic E-state index is 11.5. The number of amides is 2. The van der Waals surface area contributed by atoms with Crippen molar-refractivity contribution in [1.29, 1.82) is 0 Å². The van der Waals surface area contributed by atoms with Gasteiger partial charge < -0.3 is 20.1 Å². The van der Waals surface area contributed by atoms with E-state index in [4.69, 9.17) is 16.3 Å². The quantitative estimate of drug-likeness (QED) is 0.502. The Hall–Kier alpha value is -1.74. The number of ether oxygens (including phenoxy) is 1. The largest absolute Gasteiger partial charge is 0.479 e. The third-order valence-electron chi connectivity index (χ3n) is 2.17. The monoisotopic (exact) mass is 226 g/mol. The van der Waals surface area contributed by atoms with E-state index in [1.165, 1.54) is 4.90 Å². The summed E-state index contributed by atoms with van der Waals surface area (Å²) in [6.45, 7) is 1.09. The van der Waals surface area contributed by atoms with Crippen LogP contribution in [0.5, 0.6) is 0 Å². The Labute approximate surface area is 93.6 Å². The van der Waals surface area contributed by atoms with Gasteiger partial charge in [-0.2, -0.15) is 0 Å². The molecule has 0 aliphatic carbocycles. The molecule has 0 spiro atoms. The molecule has 1 unspecified atom stereocenters. The minimum Gasteiger partial charge on any atom is -0.479 e. The second kappa shape index (κ2) is 5.98. The van der Waals surface area contributed by atoms with Crippen LogP contribution in [-0.2, 0) is 9.53 Å². The molecule has 6 heteroatoms. The first kappa shape index (κ1) is 12.3. The number of hydrogen-bond acceptors (Lipinski definition) is 3.